The lowest BCUT2D eigenvalue weighted by Crippen LogP contribution is -2.01. The van der Waals surface area contributed by atoms with Gasteiger partial charge in [-0.2, -0.15) is 12.6 Å². The Bertz CT molecular complexity index is 1080. The number of ether oxygens (including phenoxy) is 2. The zero-order valence-corrected chi connectivity index (χ0v) is 15.9. The highest BCUT2D eigenvalue weighted by Crippen LogP contribution is 2.39. The zero-order chi connectivity index (χ0) is 18.8. The van der Waals surface area contributed by atoms with Crippen LogP contribution >= 0.6 is 12.6 Å². The molecule has 4 aromatic rings. The largest absolute Gasteiger partial charge is 0.493 e. The van der Waals surface area contributed by atoms with Gasteiger partial charge in [0.05, 0.1) is 25.2 Å². The maximum absolute atomic E-state index is 5.47. The van der Waals surface area contributed by atoms with Crippen molar-refractivity contribution in [2.75, 3.05) is 14.2 Å². The average Bonchev–Trinajstić information content (AvgIpc) is 3.26. The molecule has 136 valence electrons. The van der Waals surface area contributed by atoms with Gasteiger partial charge in [-0.25, -0.2) is 4.98 Å². The number of rotatable bonds is 5. The van der Waals surface area contributed by atoms with E-state index in [4.69, 9.17) is 22.1 Å². The van der Waals surface area contributed by atoms with Crippen LogP contribution < -0.4 is 9.47 Å². The van der Waals surface area contributed by atoms with Crippen LogP contribution in [-0.4, -0.2) is 29.2 Å². The second-order valence-electron chi connectivity index (χ2n) is 6.05. The minimum absolute atomic E-state index is 0.229. The van der Waals surface area contributed by atoms with Gasteiger partial charge in [0, 0.05) is 29.5 Å². The molecule has 2 aromatic carbocycles. The van der Waals surface area contributed by atoms with Gasteiger partial charge in [0.2, 0.25) is 0 Å². The van der Waals surface area contributed by atoms with E-state index in [0.717, 1.165) is 33.4 Å². The van der Waals surface area contributed by atoms with Gasteiger partial charge in [-0.1, -0.05) is 24.3 Å². The molecule has 1 unspecified atom stereocenters. The Morgan fingerprint density at radius 2 is 1.74 bits per heavy atom. The second kappa shape index (κ2) is 7.32. The molecule has 1 atom stereocenters. The molecule has 0 saturated carbocycles. The smallest absolute Gasteiger partial charge is 0.161 e. The Balaban J connectivity index is 1.88. The number of thiol groups is 1. The lowest BCUT2D eigenvalue weighted by molar-refractivity contribution is 0.356. The maximum atomic E-state index is 5.47. The summed E-state index contributed by atoms with van der Waals surface area (Å²) in [5.74, 6) is 2.16. The molecule has 0 radical (unpaired) electrons. The number of nitrogens with zero attached hydrogens (tertiary/aromatic N) is 2. The normalized spacial score (nSPS) is 12.1. The highest BCUT2D eigenvalue weighted by Gasteiger charge is 2.20. The summed E-state index contributed by atoms with van der Waals surface area (Å²) in [6.07, 6.45) is 5.35. The Morgan fingerprint density at radius 3 is 2.48 bits per heavy atom. The number of imidazole rings is 1. The van der Waals surface area contributed by atoms with Gasteiger partial charge in [-0.3, -0.25) is 4.98 Å². The van der Waals surface area contributed by atoms with Crippen molar-refractivity contribution in [2.45, 2.75) is 5.25 Å². The fraction of sp³-hybridized carbons (Fsp3) is 0.143. The summed E-state index contributed by atoms with van der Waals surface area (Å²) in [7, 11) is 3.26. The van der Waals surface area contributed by atoms with Crippen LogP contribution in [-0.2, 0) is 0 Å². The monoisotopic (exact) mass is 377 g/mol. The highest BCUT2D eigenvalue weighted by molar-refractivity contribution is 7.80. The molecule has 0 saturated heterocycles. The first-order chi connectivity index (χ1) is 13.2. The lowest BCUT2D eigenvalue weighted by atomic mass is 9.98. The quantitative estimate of drug-likeness (QED) is 0.497. The minimum atomic E-state index is -0.229. The third-order valence-corrected chi connectivity index (χ3v) is 5.09. The molecule has 27 heavy (non-hydrogen) atoms. The Kier molecular flexibility index (Phi) is 4.73. The number of nitrogens with one attached hydrogen (secondary N) is 1. The fourth-order valence-corrected chi connectivity index (χ4v) is 3.68. The summed E-state index contributed by atoms with van der Waals surface area (Å²) in [4.78, 5) is 12.2. The van der Waals surface area contributed by atoms with Gasteiger partial charge in [0.25, 0.3) is 0 Å². The van der Waals surface area contributed by atoms with Gasteiger partial charge in [-0.05, 0) is 29.1 Å². The summed E-state index contributed by atoms with van der Waals surface area (Å²) in [5.41, 5.74) is 2.89. The van der Waals surface area contributed by atoms with E-state index in [1.807, 2.05) is 42.6 Å². The number of pyridine rings is 1. The molecule has 0 amide bonds. The third kappa shape index (κ3) is 3.13. The van der Waals surface area contributed by atoms with E-state index in [1.165, 1.54) is 0 Å². The molecular weight excluding hydrogens is 358 g/mol. The van der Waals surface area contributed by atoms with Crippen molar-refractivity contribution in [1.82, 2.24) is 15.0 Å². The average molecular weight is 377 g/mol. The molecule has 0 fully saturated rings. The number of methoxy groups -OCH3 is 2. The SMILES string of the molecule is COc1cc2ccnc(C(S)c3ccccc3-c3ncc[nH]3)c2cc1OC. The number of fused-ring (bicyclic) bond motifs is 1. The third-order valence-electron chi connectivity index (χ3n) is 4.57. The predicted molar refractivity (Wildman–Crippen MR) is 110 cm³/mol. The van der Waals surface area contributed by atoms with Gasteiger partial charge in [0.15, 0.2) is 11.5 Å². The fourth-order valence-electron chi connectivity index (χ4n) is 3.25. The minimum Gasteiger partial charge on any atom is -0.493 e. The standard InChI is InChI=1S/C21H19N3O2S/c1-25-17-11-13-7-8-22-19(16(13)12-18(17)26-2)20(27)14-5-3-4-6-15(14)21-23-9-10-24-21/h3-12,20,27H,1-2H3,(H,23,24). The molecule has 2 aromatic heterocycles. The van der Waals surface area contributed by atoms with Gasteiger partial charge < -0.3 is 14.5 Å². The molecule has 6 heteroatoms. The van der Waals surface area contributed by atoms with Crippen molar-refractivity contribution in [3.8, 4) is 22.9 Å². The van der Waals surface area contributed by atoms with Crippen LogP contribution in [0, 0.1) is 0 Å². The summed E-state index contributed by atoms with van der Waals surface area (Å²) in [5, 5.41) is 1.77. The van der Waals surface area contributed by atoms with Crippen molar-refractivity contribution in [2.24, 2.45) is 0 Å². The molecular formula is C21H19N3O2S. The Hall–Kier alpha value is -2.99. The van der Waals surface area contributed by atoms with Crippen LogP contribution in [0.3, 0.4) is 0 Å². The van der Waals surface area contributed by atoms with Crippen LogP contribution in [0.4, 0.5) is 0 Å². The van der Waals surface area contributed by atoms with Crippen LogP contribution in [0.15, 0.2) is 61.1 Å². The molecule has 1 N–H and O–H groups in total. The maximum Gasteiger partial charge on any atom is 0.161 e. The second-order valence-corrected chi connectivity index (χ2v) is 6.57. The molecule has 0 spiro atoms. The van der Waals surface area contributed by atoms with E-state index in [-0.39, 0.29) is 5.25 Å². The van der Waals surface area contributed by atoms with Crippen LogP contribution in [0.2, 0.25) is 0 Å². The molecule has 2 heterocycles. The Labute approximate surface area is 162 Å². The van der Waals surface area contributed by atoms with Crippen molar-refractivity contribution < 1.29 is 9.47 Å². The number of hydrogen-bond acceptors (Lipinski definition) is 5. The molecule has 4 rings (SSSR count). The molecule has 0 aliphatic rings. The summed E-state index contributed by atoms with van der Waals surface area (Å²) < 4.78 is 10.9. The van der Waals surface area contributed by atoms with Crippen molar-refractivity contribution in [1.29, 1.82) is 0 Å². The van der Waals surface area contributed by atoms with E-state index in [9.17, 15) is 0 Å². The summed E-state index contributed by atoms with van der Waals surface area (Å²) >= 11 is 4.92. The number of H-pyrrole nitrogens is 1. The zero-order valence-electron chi connectivity index (χ0n) is 15.0. The molecule has 0 aliphatic heterocycles. The van der Waals surface area contributed by atoms with E-state index < -0.39 is 0 Å². The van der Waals surface area contributed by atoms with Gasteiger partial charge in [0.1, 0.15) is 5.82 Å². The predicted octanol–water partition coefficient (Wildman–Crippen LogP) is 4.66. The van der Waals surface area contributed by atoms with Crippen molar-refractivity contribution in [3.63, 3.8) is 0 Å². The van der Waals surface area contributed by atoms with Crippen molar-refractivity contribution in [3.05, 3.63) is 72.3 Å². The van der Waals surface area contributed by atoms with Crippen LogP contribution in [0.25, 0.3) is 22.2 Å². The van der Waals surface area contributed by atoms with E-state index >= 15 is 0 Å². The number of aromatic amines is 1. The first-order valence-electron chi connectivity index (χ1n) is 8.50. The van der Waals surface area contributed by atoms with Crippen LogP contribution in [0.5, 0.6) is 11.5 Å². The van der Waals surface area contributed by atoms with Gasteiger partial charge >= 0.3 is 0 Å². The molecule has 0 aliphatic carbocycles. The topological polar surface area (TPSA) is 60.0 Å². The first-order valence-corrected chi connectivity index (χ1v) is 9.02. The molecule has 5 nitrogen and oxygen atoms in total. The summed E-state index contributed by atoms with van der Waals surface area (Å²) in [6, 6.07) is 13.9. The number of benzene rings is 2. The summed E-state index contributed by atoms with van der Waals surface area (Å²) in [6.45, 7) is 0. The van der Waals surface area contributed by atoms with E-state index in [0.29, 0.717) is 11.5 Å². The van der Waals surface area contributed by atoms with E-state index in [1.54, 1.807) is 26.6 Å². The van der Waals surface area contributed by atoms with E-state index in [2.05, 4.69) is 21.0 Å². The number of aromatic nitrogens is 3. The van der Waals surface area contributed by atoms with Crippen molar-refractivity contribution >= 4 is 23.4 Å². The highest BCUT2D eigenvalue weighted by atomic mass is 32.1. The first kappa shape index (κ1) is 17.4. The van der Waals surface area contributed by atoms with Crippen LogP contribution in [0.1, 0.15) is 16.5 Å². The number of hydrogen-bond donors (Lipinski definition) is 2. The molecule has 0 bridgehead atoms. The lowest BCUT2D eigenvalue weighted by Gasteiger charge is -2.17. The Morgan fingerprint density at radius 1 is 0.963 bits per heavy atom. The van der Waals surface area contributed by atoms with Gasteiger partial charge in [-0.15, -0.1) is 0 Å².